The quantitative estimate of drug-likeness (QED) is 0.166. The molecule has 0 bridgehead atoms. The molecule has 0 amide bonds. The fourth-order valence-electron chi connectivity index (χ4n) is 10.8. The van der Waals surface area contributed by atoms with Crippen molar-refractivity contribution in [1.29, 1.82) is 0 Å². The first kappa shape index (κ1) is 36.2. The van der Waals surface area contributed by atoms with Crippen molar-refractivity contribution in [2.45, 2.75) is 24.7 Å². The van der Waals surface area contributed by atoms with Crippen LogP contribution in [0.2, 0.25) is 0 Å². The molecule has 12 rings (SSSR count). The van der Waals surface area contributed by atoms with Crippen LogP contribution in [0.4, 0.5) is 17.1 Å². The van der Waals surface area contributed by atoms with Gasteiger partial charge in [-0.2, -0.15) is 0 Å². The number of hydrogen-bond donors (Lipinski definition) is 0. The zero-order valence-electron chi connectivity index (χ0n) is 34.7. The average Bonchev–Trinajstić information content (AvgIpc) is 3.81. The lowest BCUT2D eigenvalue weighted by Gasteiger charge is -2.37. The van der Waals surface area contributed by atoms with Crippen LogP contribution >= 0.6 is 0 Å². The highest BCUT2D eigenvalue weighted by atomic mass is 16.5. The lowest BCUT2D eigenvalue weighted by Crippen LogP contribution is -2.29. The van der Waals surface area contributed by atoms with Crippen LogP contribution in [0, 0.1) is 0 Å². The van der Waals surface area contributed by atoms with Gasteiger partial charge in [0.05, 0.1) is 11.1 Å². The first-order chi connectivity index (χ1) is 30.5. The van der Waals surface area contributed by atoms with Crippen molar-refractivity contribution in [1.82, 2.24) is 0 Å². The maximum atomic E-state index is 6.64. The summed E-state index contributed by atoms with van der Waals surface area (Å²) in [6, 6.07) is 80.0. The van der Waals surface area contributed by atoms with Gasteiger partial charge >= 0.3 is 0 Å². The van der Waals surface area contributed by atoms with Gasteiger partial charge in [-0.15, -0.1) is 0 Å². The molecule has 9 aromatic carbocycles. The number of anilines is 3. The number of nitrogens with zero attached hydrogens (tertiary/aromatic N) is 1. The van der Waals surface area contributed by atoms with E-state index in [-0.39, 0.29) is 5.41 Å². The summed E-state index contributed by atoms with van der Waals surface area (Å²) in [5.41, 5.74) is 19.8. The van der Waals surface area contributed by atoms with E-state index < -0.39 is 5.41 Å². The zero-order valence-corrected chi connectivity index (χ0v) is 34.7. The minimum atomic E-state index is -0.539. The lowest BCUT2D eigenvalue weighted by atomic mass is 9.67. The van der Waals surface area contributed by atoms with E-state index in [0.717, 1.165) is 34.1 Å². The van der Waals surface area contributed by atoms with E-state index in [1.54, 1.807) is 0 Å². The van der Waals surface area contributed by atoms with E-state index in [4.69, 9.17) is 4.74 Å². The second-order valence-corrected chi connectivity index (χ2v) is 17.2. The Morgan fingerprint density at radius 3 is 1.69 bits per heavy atom. The summed E-state index contributed by atoms with van der Waals surface area (Å²) in [5.74, 6) is 1.81. The highest BCUT2D eigenvalue weighted by Crippen LogP contribution is 2.58. The van der Waals surface area contributed by atoms with Crippen molar-refractivity contribution in [3.05, 3.63) is 268 Å². The molecule has 2 nitrogen and oxygen atoms in total. The Morgan fingerprint density at radius 1 is 0.403 bits per heavy atom. The van der Waals surface area contributed by atoms with E-state index >= 15 is 0 Å². The number of hydrogen-bond acceptors (Lipinski definition) is 2. The van der Waals surface area contributed by atoms with E-state index in [2.05, 4.69) is 243 Å². The first-order valence-electron chi connectivity index (χ1n) is 21.6. The molecule has 62 heavy (non-hydrogen) atoms. The SMILES string of the molecule is CC1(C)c2ccccc2Oc2ccc(N(c3cccc(C4(c5ccccc5)c5ccccc5-c5ccccc54)c3)c3cccc4c3-c3ccccc3/C4=C/c3ccccc3)cc21. The molecule has 3 aliphatic rings. The Hall–Kier alpha value is -7.68. The summed E-state index contributed by atoms with van der Waals surface area (Å²) in [4.78, 5) is 2.49. The summed E-state index contributed by atoms with van der Waals surface area (Å²) in [5, 5.41) is 0. The van der Waals surface area contributed by atoms with Gasteiger partial charge < -0.3 is 9.64 Å². The molecule has 2 aliphatic carbocycles. The molecule has 0 saturated heterocycles. The molecule has 1 aliphatic heterocycles. The first-order valence-corrected chi connectivity index (χ1v) is 21.6. The Bertz CT molecular complexity index is 3200. The molecule has 0 aromatic heterocycles. The van der Waals surface area contributed by atoms with Gasteiger partial charge in [0.2, 0.25) is 0 Å². The molecular formula is C60H43NO. The largest absolute Gasteiger partial charge is 0.457 e. The van der Waals surface area contributed by atoms with Crippen molar-refractivity contribution >= 4 is 28.7 Å². The van der Waals surface area contributed by atoms with Crippen LogP contribution in [0.3, 0.4) is 0 Å². The summed E-state index contributed by atoms with van der Waals surface area (Å²) in [7, 11) is 0. The van der Waals surface area contributed by atoms with Gasteiger partial charge in [-0.25, -0.2) is 0 Å². The second-order valence-electron chi connectivity index (χ2n) is 17.2. The van der Waals surface area contributed by atoms with Crippen molar-refractivity contribution in [2.24, 2.45) is 0 Å². The van der Waals surface area contributed by atoms with Crippen LogP contribution in [0.25, 0.3) is 33.9 Å². The molecule has 1 heterocycles. The minimum absolute atomic E-state index is 0.292. The number of ether oxygens (including phenoxy) is 1. The Balaban J connectivity index is 1.13. The normalized spacial score (nSPS) is 15.0. The summed E-state index contributed by atoms with van der Waals surface area (Å²) < 4.78 is 6.64. The van der Waals surface area contributed by atoms with Crippen LogP contribution in [-0.4, -0.2) is 0 Å². The summed E-state index contributed by atoms with van der Waals surface area (Å²) >= 11 is 0. The zero-order chi connectivity index (χ0) is 41.4. The van der Waals surface area contributed by atoms with Crippen LogP contribution in [0.15, 0.2) is 218 Å². The van der Waals surface area contributed by atoms with E-state index in [0.29, 0.717) is 0 Å². The third-order valence-electron chi connectivity index (χ3n) is 13.5. The predicted octanol–water partition coefficient (Wildman–Crippen LogP) is 15.5. The third kappa shape index (κ3) is 5.29. The Kier molecular flexibility index (Phi) is 8.14. The van der Waals surface area contributed by atoms with Crippen LogP contribution in [-0.2, 0) is 10.8 Å². The molecule has 2 heteroatoms. The van der Waals surface area contributed by atoms with Gasteiger partial charge in [0, 0.05) is 33.5 Å². The smallest absolute Gasteiger partial charge is 0.131 e. The molecule has 0 saturated carbocycles. The topological polar surface area (TPSA) is 12.5 Å². The Morgan fingerprint density at radius 2 is 0.952 bits per heavy atom. The predicted molar refractivity (Wildman–Crippen MR) is 256 cm³/mol. The van der Waals surface area contributed by atoms with Gasteiger partial charge in [-0.05, 0) is 110 Å². The summed E-state index contributed by atoms with van der Waals surface area (Å²) in [6.45, 7) is 4.63. The molecule has 0 N–H and O–H groups in total. The van der Waals surface area contributed by atoms with Crippen molar-refractivity contribution in [2.75, 3.05) is 4.90 Å². The fourth-order valence-corrected chi connectivity index (χ4v) is 10.8. The van der Waals surface area contributed by atoms with Crippen molar-refractivity contribution in [3.8, 4) is 33.8 Å². The highest BCUT2D eigenvalue weighted by Gasteiger charge is 2.46. The van der Waals surface area contributed by atoms with E-state index in [1.807, 2.05) is 0 Å². The fraction of sp³-hybridized carbons (Fsp3) is 0.0667. The van der Waals surface area contributed by atoms with Crippen molar-refractivity contribution < 1.29 is 4.74 Å². The summed E-state index contributed by atoms with van der Waals surface area (Å²) in [6.07, 6.45) is 2.34. The van der Waals surface area contributed by atoms with E-state index in [1.165, 1.54) is 72.3 Å². The minimum Gasteiger partial charge on any atom is -0.457 e. The average molecular weight is 794 g/mol. The lowest BCUT2D eigenvalue weighted by molar-refractivity contribution is 0.418. The van der Waals surface area contributed by atoms with Gasteiger partial charge in [0.1, 0.15) is 11.5 Å². The molecule has 9 aromatic rings. The molecule has 0 fully saturated rings. The van der Waals surface area contributed by atoms with E-state index in [9.17, 15) is 0 Å². The second kappa shape index (κ2) is 13.9. The molecular weight excluding hydrogens is 751 g/mol. The molecule has 0 spiro atoms. The number of fused-ring (bicyclic) bond motifs is 8. The van der Waals surface area contributed by atoms with Gasteiger partial charge in [0.25, 0.3) is 0 Å². The number of para-hydroxylation sites is 1. The van der Waals surface area contributed by atoms with Gasteiger partial charge in [0.15, 0.2) is 0 Å². The molecule has 0 unspecified atom stereocenters. The van der Waals surface area contributed by atoms with Gasteiger partial charge in [-0.1, -0.05) is 190 Å². The maximum absolute atomic E-state index is 6.64. The monoisotopic (exact) mass is 793 g/mol. The number of benzene rings is 9. The van der Waals surface area contributed by atoms with Crippen LogP contribution in [0.1, 0.15) is 63.9 Å². The highest BCUT2D eigenvalue weighted by molar-refractivity contribution is 6.11. The van der Waals surface area contributed by atoms with Gasteiger partial charge in [-0.3, -0.25) is 0 Å². The standard InChI is InChI=1S/C60H43NO/c1-59(2)53-32-15-16-34-56(53)62-57-36-35-44(39-54(57)59)61(55-33-18-29-49-50(37-40-19-5-3-6-20-40)45-25-9-10-28-48(45)58(49)55)43-24-17-23-42(38-43)60(41-21-7-4-8-22-41)51-30-13-11-26-46(51)47-27-12-14-31-52(47)60/h3-39H,1-2H3/b50-37-. The maximum Gasteiger partial charge on any atom is 0.131 e. The van der Waals surface area contributed by atoms with Crippen LogP contribution < -0.4 is 9.64 Å². The van der Waals surface area contributed by atoms with Crippen LogP contribution in [0.5, 0.6) is 11.5 Å². The van der Waals surface area contributed by atoms with Crippen molar-refractivity contribution in [3.63, 3.8) is 0 Å². The molecule has 0 radical (unpaired) electrons. The number of rotatable bonds is 6. The third-order valence-corrected chi connectivity index (χ3v) is 13.5. The molecule has 0 atom stereocenters. The Labute approximate surface area is 363 Å². The molecule has 294 valence electrons.